The summed E-state index contributed by atoms with van der Waals surface area (Å²) in [4.78, 5) is 19.8. The van der Waals surface area contributed by atoms with Crippen molar-refractivity contribution >= 4 is 98.5 Å². The van der Waals surface area contributed by atoms with Crippen LogP contribution in [0.2, 0.25) is 0 Å². The molecular formula is C63H48GeN4O2. The van der Waals surface area contributed by atoms with Crippen molar-refractivity contribution in [3.05, 3.63) is 238 Å². The van der Waals surface area contributed by atoms with Gasteiger partial charge in [0.05, 0.1) is 0 Å². The monoisotopic (exact) mass is 966 g/mol. The third-order valence-corrected chi connectivity index (χ3v) is 25.3. The first-order valence-corrected chi connectivity index (χ1v) is 28.2. The summed E-state index contributed by atoms with van der Waals surface area (Å²) in [5.74, 6) is 0. The van der Waals surface area contributed by atoms with Crippen LogP contribution in [0.15, 0.2) is 200 Å². The molecule has 0 unspecified atom stereocenters. The molecule has 0 aliphatic carbocycles. The number of nitro groups is 1. The van der Waals surface area contributed by atoms with E-state index in [2.05, 4.69) is 237 Å². The minimum atomic E-state index is -4.30. The molecule has 0 radical (unpaired) electrons. The number of fused-ring (bicyclic) bond motifs is 1. The predicted molar refractivity (Wildman–Crippen MR) is 293 cm³/mol. The molecule has 3 heterocycles. The van der Waals surface area contributed by atoms with Crippen LogP contribution in [0.4, 0.5) is 56.9 Å². The molecule has 0 bridgehead atoms. The number of rotatable bonds is 7. The molecule has 6 nitrogen and oxygen atoms in total. The Balaban J connectivity index is 1.18. The van der Waals surface area contributed by atoms with Gasteiger partial charge in [-0.1, -0.05) is 18.2 Å². The summed E-state index contributed by atoms with van der Waals surface area (Å²) in [6.45, 7) is 11.0. The van der Waals surface area contributed by atoms with Crippen molar-refractivity contribution in [3.63, 3.8) is 0 Å². The Labute approximate surface area is 410 Å². The predicted octanol–water partition coefficient (Wildman–Crippen LogP) is 14.4. The van der Waals surface area contributed by atoms with Crippen molar-refractivity contribution in [2.75, 3.05) is 14.7 Å². The van der Waals surface area contributed by atoms with E-state index in [0.717, 1.165) is 78.8 Å². The molecular weight excluding hydrogens is 917 g/mol. The first-order chi connectivity index (χ1) is 34.1. The zero-order valence-electron chi connectivity index (χ0n) is 39.7. The van der Waals surface area contributed by atoms with Crippen LogP contribution in [0, 0.1) is 44.7 Å². The van der Waals surface area contributed by atoms with E-state index in [4.69, 9.17) is 0 Å². The number of hydrogen-bond acceptors (Lipinski definition) is 5. The quantitative estimate of drug-likeness (QED) is 0.0905. The molecule has 336 valence electrons. The van der Waals surface area contributed by atoms with E-state index >= 15 is 0 Å². The van der Waals surface area contributed by atoms with Crippen molar-refractivity contribution in [1.82, 2.24) is 0 Å². The molecule has 0 aromatic heterocycles. The van der Waals surface area contributed by atoms with Gasteiger partial charge in [-0.15, -0.1) is 0 Å². The fourth-order valence-corrected chi connectivity index (χ4v) is 23.9. The molecule has 0 spiro atoms. The maximum absolute atomic E-state index is 12.4. The average Bonchev–Trinajstić information content (AvgIpc) is 3.37. The van der Waals surface area contributed by atoms with Crippen LogP contribution in [0.5, 0.6) is 0 Å². The van der Waals surface area contributed by atoms with Crippen LogP contribution in [0.1, 0.15) is 27.8 Å². The van der Waals surface area contributed by atoms with Crippen LogP contribution >= 0.6 is 0 Å². The Morgan fingerprint density at radius 2 is 0.814 bits per heavy atom. The number of nitro benzene ring substituents is 1. The van der Waals surface area contributed by atoms with Gasteiger partial charge < -0.3 is 0 Å². The second kappa shape index (κ2) is 15.7. The number of anilines is 9. The van der Waals surface area contributed by atoms with E-state index < -0.39 is 13.3 Å². The molecule has 7 heteroatoms. The van der Waals surface area contributed by atoms with Gasteiger partial charge in [-0.25, -0.2) is 0 Å². The van der Waals surface area contributed by atoms with E-state index in [-0.39, 0.29) is 10.6 Å². The Kier molecular flexibility index (Phi) is 9.39. The molecule has 10 aromatic rings. The normalized spacial score (nSPS) is 13.6. The first kappa shape index (κ1) is 41.9. The molecule has 0 saturated carbocycles. The van der Waals surface area contributed by atoms with Crippen LogP contribution in [-0.2, 0) is 0 Å². The average molecular weight is 966 g/mol. The fourth-order valence-electron chi connectivity index (χ4n) is 11.9. The van der Waals surface area contributed by atoms with Crippen molar-refractivity contribution in [3.8, 4) is 22.3 Å². The van der Waals surface area contributed by atoms with E-state index in [9.17, 15) is 10.1 Å². The van der Waals surface area contributed by atoms with E-state index in [0.29, 0.717) is 0 Å². The molecule has 0 saturated heterocycles. The van der Waals surface area contributed by atoms with E-state index in [1.165, 1.54) is 50.8 Å². The summed E-state index contributed by atoms with van der Waals surface area (Å²) in [5.41, 5.74) is 20.9. The molecule has 0 atom stereocenters. The second-order valence-corrected chi connectivity index (χ2v) is 26.9. The van der Waals surface area contributed by atoms with Gasteiger partial charge in [0.25, 0.3) is 0 Å². The van der Waals surface area contributed by atoms with Gasteiger partial charge in [-0.3, -0.25) is 0 Å². The number of nitrogens with zero attached hydrogens (tertiary/aromatic N) is 4. The summed E-state index contributed by atoms with van der Waals surface area (Å²) in [6.07, 6.45) is 0. The zero-order chi connectivity index (χ0) is 47.6. The Hall–Kier alpha value is -8.20. The number of hydrogen-bond donors (Lipinski definition) is 0. The first-order valence-electron chi connectivity index (χ1n) is 24.0. The molecule has 3 aliphatic rings. The third kappa shape index (κ3) is 6.12. The van der Waals surface area contributed by atoms with Gasteiger partial charge in [-0.05, 0) is 0 Å². The Morgan fingerprint density at radius 1 is 0.371 bits per heavy atom. The van der Waals surface area contributed by atoms with Crippen molar-refractivity contribution < 1.29 is 4.92 Å². The fraction of sp³-hybridized carbons (Fsp3) is 0.0794. The van der Waals surface area contributed by atoms with Gasteiger partial charge in [0.1, 0.15) is 0 Å². The van der Waals surface area contributed by atoms with Crippen molar-refractivity contribution in [1.29, 1.82) is 0 Å². The van der Waals surface area contributed by atoms with Crippen LogP contribution in [0.25, 0.3) is 33.0 Å². The van der Waals surface area contributed by atoms with Gasteiger partial charge in [0, 0.05) is 0 Å². The topological polar surface area (TPSA) is 52.9 Å². The van der Waals surface area contributed by atoms with Gasteiger partial charge >= 0.3 is 395 Å². The van der Waals surface area contributed by atoms with Gasteiger partial charge in [-0.2, -0.15) is 0 Å². The zero-order valence-corrected chi connectivity index (χ0v) is 41.8. The SMILES string of the molecule is Cc1ccc(N2c3cc(C)cc4[c]3[Ge]3([c]5ccc([N+](=O)[O-])cc5)[c]5c2cc(C)cc5N(c2ccc(-c5cccc(-c6ccccc6)c5)c5ccccc25)c2cc(C)cc([c]23)N4c2ccc(C)cc2)cc1. The number of non-ortho nitro benzene ring substituents is 1. The van der Waals surface area contributed by atoms with Crippen molar-refractivity contribution in [2.24, 2.45) is 0 Å². The summed E-state index contributed by atoms with van der Waals surface area (Å²) in [6, 6.07) is 73.0. The molecule has 0 amide bonds. The summed E-state index contributed by atoms with van der Waals surface area (Å²) < 4.78 is 5.14. The number of aryl methyl sites for hydroxylation is 5. The van der Waals surface area contributed by atoms with Crippen LogP contribution in [-0.4, -0.2) is 18.2 Å². The number of benzene rings is 10. The van der Waals surface area contributed by atoms with Crippen LogP contribution < -0.4 is 32.3 Å². The second-order valence-electron chi connectivity index (χ2n) is 19.4. The summed E-state index contributed by atoms with van der Waals surface area (Å²) in [5, 5.41) is 14.8. The van der Waals surface area contributed by atoms with Gasteiger partial charge in [0.2, 0.25) is 0 Å². The summed E-state index contributed by atoms with van der Waals surface area (Å²) >= 11 is -4.30. The third-order valence-electron chi connectivity index (χ3n) is 14.8. The maximum atomic E-state index is 12.4. The van der Waals surface area contributed by atoms with Crippen molar-refractivity contribution in [2.45, 2.75) is 34.6 Å². The van der Waals surface area contributed by atoms with E-state index in [1.807, 2.05) is 0 Å². The molecule has 70 heavy (non-hydrogen) atoms. The van der Waals surface area contributed by atoms with E-state index in [1.54, 1.807) is 12.1 Å². The standard InChI is InChI=1S/C63H48GeN4O2/c1-39-18-24-48(25-19-39)65-55-32-41(3)33-56-61(55)64(47-22-28-50(29-23-47)68(69)70)62-57(65)34-42(4)36-59(62)67(60-37-43(5)35-58(63(60)64)66(56)49-26-20-40(2)21-27-49)54-31-30-51(52-16-9-10-17-53(52)54)46-15-11-14-45(38-46)44-12-7-6-8-13-44/h6-38H,1-5H3. The van der Waals surface area contributed by atoms with Crippen LogP contribution in [0.3, 0.4) is 0 Å². The molecule has 0 N–H and O–H groups in total. The Morgan fingerprint density at radius 3 is 1.31 bits per heavy atom. The molecule has 3 aliphatic heterocycles. The minimum absolute atomic E-state index is 0.0920. The van der Waals surface area contributed by atoms with Gasteiger partial charge in [0.15, 0.2) is 0 Å². The molecule has 10 aromatic carbocycles. The summed E-state index contributed by atoms with van der Waals surface area (Å²) in [7, 11) is 0. The molecule has 0 fully saturated rings. The molecule has 13 rings (SSSR count). The Bertz CT molecular complexity index is 3680.